The lowest BCUT2D eigenvalue weighted by Gasteiger charge is -2.41. The fraction of sp³-hybridized carbons (Fsp3) is 0.700. The third-order valence-electron chi connectivity index (χ3n) is 5.79. The summed E-state index contributed by atoms with van der Waals surface area (Å²) in [6.07, 6.45) is 0.764. The highest BCUT2D eigenvalue weighted by Crippen LogP contribution is 2.38. The average Bonchev–Trinajstić information content (AvgIpc) is 3.13. The van der Waals surface area contributed by atoms with Crippen LogP contribution in [0, 0.1) is 5.21 Å². The van der Waals surface area contributed by atoms with E-state index in [1.54, 1.807) is 13.0 Å². The quantitative estimate of drug-likeness (QED) is 0.129. The lowest BCUT2D eigenvalue weighted by atomic mass is 9.81. The first-order valence-electron chi connectivity index (χ1n) is 9.81. The molecule has 1 saturated heterocycles. The minimum Gasteiger partial charge on any atom is -0.632 e. The summed E-state index contributed by atoms with van der Waals surface area (Å²) in [5, 5.41) is 52.5. The second kappa shape index (κ2) is 8.74. The molecule has 4 N–H and O–H groups in total. The molecule has 0 bridgehead atoms. The molecule has 0 amide bonds. The van der Waals surface area contributed by atoms with Crippen LogP contribution in [0.2, 0.25) is 0 Å². The number of fused-ring (bicyclic) bond motifs is 1. The lowest BCUT2D eigenvalue weighted by molar-refractivity contribution is -0.877. The van der Waals surface area contributed by atoms with Gasteiger partial charge in [-0.2, -0.15) is 0 Å². The highest BCUT2D eigenvalue weighted by molar-refractivity contribution is 5.83. The summed E-state index contributed by atoms with van der Waals surface area (Å²) in [7, 11) is 0. The molecule has 5 atom stereocenters. The van der Waals surface area contributed by atoms with Crippen molar-refractivity contribution in [1.29, 1.82) is 0 Å². The molecule has 30 heavy (non-hydrogen) atoms. The molecule has 0 aromatic heterocycles. The Hall–Kier alpha value is -1.82. The van der Waals surface area contributed by atoms with E-state index in [0.717, 1.165) is 13.0 Å². The minimum absolute atomic E-state index is 0.128. The normalized spacial score (nSPS) is 29.6. The highest BCUT2D eigenvalue weighted by Gasteiger charge is 2.55. The number of hydroxylamine groups is 3. The van der Waals surface area contributed by atoms with Crippen molar-refractivity contribution in [3.05, 3.63) is 28.5 Å². The number of aliphatic hydroxyl groups excluding tert-OH is 2. The Bertz CT molecular complexity index is 739. The molecule has 2 rings (SSSR count). The first-order chi connectivity index (χ1) is 13.8. The summed E-state index contributed by atoms with van der Waals surface area (Å²) in [4.78, 5) is 24.5. The summed E-state index contributed by atoms with van der Waals surface area (Å²) in [6.45, 7) is 4.77. The van der Waals surface area contributed by atoms with E-state index in [-0.39, 0.29) is 26.3 Å². The SMILES string of the molecule is C/C(=C\C(=O)O[C@@H]1CC[N+]2([O-])CC=C(COC(=O)[C@@](O)(C(C)O)C(C)(C)O)[C@H]12)CO. The van der Waals surface area contributed by atoms with Crippen molar-refractivity contribution in [1.82, 2.24) is 0 Å². The van der Waals surface area contributed by atoms with E-state index >= 15 is 0 Å². The van der Waals surface area contributed by atoms with Crippen LogP contribution in [0.1, 0.15) is 34.1 Å². The minimum atomic E-state index is -2.57. The second-order valence-electron chi connectivity index (χ2n) is 8.57. The van der Waals surface area contributed by atoms with Gasteiger partial charge in [-0.3, -0.25) is 0 Å². The molecule has 0 spiro atoms. The van der Waals surface area contributed by atoms with E-state index in [9.17, 15) is 30.1 Å². The highest BCUT2D eigenvalue weighted by atomic mass is 16.6. The van der Waals surface area contributed by atoms with E-state index in [1.165, 1.54) is 13.8 Å². The Morgan fingerprint density at radius 1 is 1.40 bits per heavy atom. The summed E-state index contributed by atoms with van der Waals surface area (Å²) < 4.78 is 9.92. The smallest absolute Gasteiger partial charge is 0.344 e. The van der Waals surface area contributed by atoms with Crippen LogP contribution in [0.4, 0.5) is 0 Å². The topological polar surface area (TPSA) is 157 Å². The first kappa shape index (κ1) is 24.4. The number of hydrogen-bond donors (Lipinski definition) is 4. The van der Waals surface area contributed by atoms with Crippen molar-refractivity contribution in [3.63, 3.8) is 0 Å². The van der Waals surface area contributed by atoms with Crippen molar-refractivity contribution in [2.45, 2.75) is 63.6 Å². The summed E-state index contributed by atoms with van der Waals surface area (Å²) >= 11 is 0. The molecule has 0 saturated carbocycles. The van der Waals surface area contributed by atoms with Crippen LogP contribution < -0.4 is 0 Å². The molecule has 2 unspecified atom stereocenters. The van der Waals surface area contributed by atoms with Crippen LogP contribution in [-0.2, 0) is 19.1 Å². The Balaban J connectivity index is 2.11. The van der Waals surface area contributed by atoms with E-state index in [0.29, 0.717) is 17.6 Å². The van der Waals surface area contributed by atoms with E-state index < -0.39 is 46.0 Å². The van der Waals surface area contributed by atoms with E-state index in [4.69, 9.17) is 14.6 Å². The van der Waals surface area contributed by atoms with Crippen LogP contribution in [0.3, 0.4) is 0 Å². The maximum atomic E-state index is 13.0. The van der Waals surface area contributed by atoms with Crippen LogP contribution >= 0.6 is 0 Å². The van der Waals surface area contributed by atoms with Gasteiger partial charge in [0.25, 0.3) is 0 Å². The Labute approximate surface area is 175 Å². The van der Waals surface area contributed by atoms with Gasteiger partial charge in [-0.15, -0.1) is 0 Å². The molecule has 0 aromatic carbocycles. The second-order valence-corrected chi connectivity index (χ2v) is 8.57. The van der Waals surface area contributed by atoms with Crippen LogP contribution in [0.15, 0.2) is 23.3 Å². The zero-order valence-electron chi connectivity index (χ0n) is 17.7. The molecule has 170 valence electrons. The Morgan fingerprint density at radius 2 is 2.03 bits per heavy atom. The predicted octanol–water partition coefficient (Wildman–Crippen LogP) is -0.710. The maximum absolute atomic E-state index is 13.0. The van der Waals surface area contributed by atoms with E-state index in [2.05, 4.69) is 0 Å². The van der Waals surface area contributed by atoms with Gasteiger partial charge in [0.05, 0.1) is 25.8 Å². The fourth-order valence-corrected chi connectivity index (χ4v) is 3.97. The molecule has 2 aliphatic rings. The first-order valence-corrected chi connectivity index (χ1v) is 9.81. The maximum Gasteiger partial charge on any atom is 0.344 e. The summed E-state index contributed by atoms with van der Waals surface area (Å²) in [5.74, 6) is -1.90. The van der Waals surface area contributed by atoms with Gasteiger partial charge >= 0.3 is 11.9 Å². The zero-order valence-corrected chi connectivity index (χ0v) is 17.7. The van der Waals surface area contributed by atoms with Gasteiger partial charge in [0.1, 0.15) is 12.2 Å². The Kier molecular flexibility index (Phi) is 7.12. The zero-order chi connectivity index (χ0) is 22.9. The summed E-state index contributed by atoms with van der Waals surface area (Å²) in [5.41, 5.74) is -3.69. The molecule has 0 aliphatic carbocycles. The molecular weight excluding hydrogens is 398 g/mol. The number of quaternary nitrogens is 1. The third kappa shape index (κ3) is 4.58. The molecule has 2 aliphatic heterocycles. The van der Waals surface area contributed by atoms with Gasteiger partial charge in [0.15, 0.2) is 12.1 Å². The van der Waals surface area contributed by atoms with Crippen molar-refractivity contribution in [3.8, 4) is 0 Å². The molecule has 2 heterocycles. The van der Waals surface area contributed by atoms with Crippen LogP contribution in [0.5, 0.6) is 0 Å². The number of nitrogens with zero attached hydrogens (tertiary/aromatic N) is 1. The number of carbonyl (C=O) groups is 2. The molecule has 10 nitrogen and oxygen atoms in total. The van der Waals surface area contributed by atoms with Crippen molar-refractivity contribution in [2.75, 3.05) is 26.3 Å². The molecule has 1 fully saturated rings. The third-order valence-corrected chi connectivity index (χ3v) is 5.79. The van der Waals surface area contributed by atoms with Crippen molar-refractivity contribution in [2.24, 2.45) is 0 Å². The lowest BCUT2D eigenvalue weighted by Crippen LogP contribution is -2.63. The van der Waals surface area contributed by atoms with Gasteiger partial charge in [0, 0.05) is 18.1 Å². The van der Waals surface area contributed by atoms with Crippen LogP contribution in [0.25, 0.3) is 0 Å². The molecule has 0 radical (unpaired) electrons. The van der Waals surface area contributed by atoms with Gasteiger partial charge in [-0.1, -0.05) is 0 Å². The Morgan fingerprint density at radius 3 is 2.57 bits per heavy atom. The van der Waals surface area contributed by atoms with Gasteiger partial charge in [0.2, 0.25) is 5.60 Å². The number of ether oxygens (including phenoxy) is 2. The van der Waals surface area contributed by atoms with Crippen molar-refractivity contribution < 1.29 is 44.1 Å². The number of rotatable bonds is 8. The molecular formula is C20H31NO9. The number of esters is 2. The van der Waals surface area contributed by atoms with Gasteiger partial charge in [-0.05, 0) is 39.3 Å². The number of carbonyl (C=O) groups excluding carboxylic acids is 2. The standard InChI is InChI=1S/C20H31NO9/c1-12(10-22)9-16(24)30-15-6-8-21(28)7-5-14(17(15)21)11-29-18(25)20(27,13(2)23)19(3,4)26/h5,9,13,15,17,22-23,26-27H,6-8,10-11H2,1-4H3/b12-9+/t13?,15-,17-,20+,21?/m1/s1. The van der Waals surface area contributed by atoms with Gasteiger partial charge in [-0.25, -0.2) is 9.59 Å². The van der Waals surface area contributed by atoms with E-state index in [1.807, 2.05) is 0 Å². The molecule has 0 aromatic rings. The largest absolute Gasteiger partial charge is 0.632 e. The fourth-order valence-electron chi connectivity index (χ4n) is 3.97. The number of hydrogen-bond acceptors (Lipinski definition) is 9. The van der Waals surface area contributed by atoms with Crippen LogP contribution in [-0.4, -0.2) is 92.8 Å². The van der Waals surface area contributed by atoms with Gasteiger partial charge < -0.3 is 39.8 Å². The number of aliphatic hydroxyl groups is 4. The monoisotopic (exact) mass is 429 g/mol. The molecule has 10 heteroatoms. The summed E-state index contributed by atoms with van der Waals surface area (Å²) in [6, 6.07) is -0.758. The predicted molar refractivity (Wildman–Crippen MR) is 104 cm³/mol. The van der Waals surface area contributed by atoms with Crippen molar-refractivity contribution >= 4 is 11.9 Å². The average molecular weight is 429 g/mol.